The third-order valence-electron chi connectivity index (χ3n) is 7.53. The molecule has 7 nitrogen and oxygen atoms in total. The van der Waals surface area contributed by atoms with Gasteiger partial charge >= 0.3 is 11.9 Å². The molecule has 3 atom stereocenters. The Kier molecular flexibility index (Phi) is 18.3. The predicted molar refractivity (Wildman–Crippen MR) is 138 cm³/mol. The Morgan fingerprint density at radius 3 is 1.40 bits per heavy atom. The molecule has 0 spiro atoms. The van der Waals surface area contributed by atoms with Gasteiger partial charge in [-0.1, -0.05) is 76.9 Å². The summed E-state index contributed by atoms with van der Waals surface area (Å²) in [5, 5.41) is 30.9. The van der Waals surface area contributed by atoms with Crippen molar-refractivity contribution < 1.29 is 34.2 Å². The van der Waals surface area contributed by atoms with Crippen LogP contribution in [0, 0.1) is 0 Å². The number of carbonyl (C=O) groups is 3. The molecule has 2 N–H and O–H groups in total. The van der Waals surface area contributed by atoms with Crippen molar-refractivity contribution in [3.05, 3.63) is 12.2 Å². The highest BCUT2D eigenvalue weighted by atomic mass is 16.4. The maximum atomic E-state index is 11.8. The Bertz CT molecular complexity index is 583. The van der Waals surface area contributed by atoms with Crippen LogP contribution in [-0.2, 0) is 14.4 Å². The second-order valence-corrected chi connectivity index (χ2v) is 10.0. The molecule has 0 bridgehead atoms. The van der Waals surface area contributed by atoms with Crippen LogP contribution in [0.2, 0.25) is 0 Å². The van der Waals surface area contributed by atoms with Gasteiger partial charge in [0.2, 0.25) is 0 Å². The Morgan fingerprint density at radius 2 is 1.03 bits per heavy atom. The lowest BCUT2D eigenvalue weighted by Gasteiger charge is -2.49. The lowest BCUT2D eigenvalue weighted by molar-refractivity contribution is -0.969. The molecule has 0 aliphatic carbocycles. The second-order valence-electron chi connectivity index (χ2n) is 10.0. The van der Waals surface area contributed by atoms with Gasteiger partial charge in [-0.15, -0.1) is 0 Å². The molecule has 7 heteroatoms. The molecule has 0 heterocycles. The van der Waals surface area contributed by atoms with Crippen LogP contribution in [0.5, 0.6) is 0 Å². The summed E-state index contributed by atoms with van der Waals surface area (Å²) < 4.78 is -0.547. The first kappa shape index (κ1) is 33.1. The van der Waals surface area contributed by atoms with Crippen molar-refractivity contribution in [2.24, 2.45) is 0 Å². The molecular formula is C28H51NO6. The monoisotopic (exact) mass is 497 g/mol. The van der Waals surface area contributed by atoms with E-state index in [2.05, 4.69) is 19.1 Å². The maximum Gasteiger partial charge on any atom is 0.362 e. The Labute approximate surface area is 213 Å². The van der Waals surface area contributed by atoms with Gasteiger partial charge < -0.3 is 20.1 Å². The zero-order valence-corrected chi connectivity index (χ0v) is 22.7. The van der Waals surface area contributed by atoms with E-state index in [-0.39, 0.29) is 6.54 Å². The number of unbranched alkanes of at least 4 members (excludes halogenated alkanes) is 13. The molecule has 3 unspecified atom stereocenters. The van der Waals surface area contributed by atoms with Gasteiger partial charge in [-0.25, -0.2) is 9.59 Å². The molecule has 0 aromatic rings. The van der Waals surface area contributed by atoms with Crippen LogP contribution in [0.3, 0.4) is 0 Å². The zero-order chi connectivity index (χ0) is 26.7. The summed E-state index contributed by atoms with van der Waals surface area (Å²) in [6, 6.07) is -3.57. The Hall–Kier alpha value is -1.89. The van der Waals surface area contributed by atoms with Crippen molar-refractivity contribution in [3.63, 3.8) is 0 Å². The molecule has 0 aromatic heterocycles. The molecule has 0 saturated carbocycles. The molecule has 0 radical (unpaired) electrons. The van der Waals surface area contributed by atoms with E-state index in [9.17, 15) is 29.7 Å². The number of rotatable bonds is 23. The van der Waals surface area contributed by atoms with Crippen LogP contribution in [0.15, 0.2) is 12.2 Å². The molecule has 204 valence electrons. The van der Waals surface area contributed by atoms with Gasteiger partial charge in [0, 0.05) is 0 Å². The van der Waals surface area contributed by atoms with Crippen molar-refractivity contribution >= 4 is 17.9 Å². The fourth-order valence-electron chi connectivity index (χ4n) is 5.00. The van der Waals surface area contributed by atoms with Crippen LogP contribution < -0.4 is 5.11 Å². The van der Waals surface area contributed by atoms with E-state index in [1.807, 2.05) is 0 Å². The highest BCUT2D eigenvalue weighted by molar-refractivity contribution is 5.76. The van der Waals surface area contributed by atoms with E-state index in [4.69, 9.17) is 0 Å². The van der Waals surface area contributed by atoms with E-state index >= 15 is 0 Å². The average molecular weight is 498 g/mol. The number of allylic oxidation sites excluding steroid dienone is 2. The molecule has 0 aromatic carbocycles. The molecule has 35 heavy (non-hydrogen) atoms. The van der Waals surface area contributed by atoms with Crippen LogP contribution in [0.1, 0.15) is 124 Å². The third kappa shape index (κ3) is 12.6. The number of hydrogen-bond acceptors (Lipinski definition) is 4. The van der Waals surface area contributed by atoms with Gasteiger partial charge in [0.1, 0.15) is 6.04 Å². The van der Waals surface area contributed by atoms with Crippen LogP contribution in [0.4, 0.5) is 0 Å². The molecular weight excluding hydrogens is 446 g/mol. The van der Waals surface area contributed by atoms with E-state index in [1.54, 1.807) is 0 Å². The summed E-state index contributed by atoms with van der Waals surface area (Å²) in [7, 11) is 0. The summed E-state index contributed by atoms with van der Waals surface area (Å²) >= 11 is 0. The van der Waals surface area contributed by atoms with Gasteiger partial charge in [-0.05, 0) is 59.3 Å². The largest absolute Gasteiger partial charge is 0.544 e. The maximum absolute atomic E-state index is 11.8. The predicted octanol–water partition coefficient (Wildman–Crippen LogP) is 5.32. The number of hydrogen-bond donors (Lipinski definition) is 2. The topological polar surface area (TPSA) is 115 Å². The first-order valence-corrected chi connectivity index (χ1v) is 13.8. The van der Waals surface area contributed by atoms with Crippen LogP contribution in [0.25, 0.3) is 0 Å². The minimum atomic E-state index is -1.43. The lowest BCUT2D eigenvalue weighted by Crippen LogP contribution is -2.72. The van der Waals surface area contributed by atoms with Crippen molar-refractivity contribution in [3.8, 4) is 0 Å². The number of carbonyl (C=O) groups excluding carboxylic acids is 1. The highest BCUT2D eigenvalue weighted by Crippen LogP contribution is 2.27. The highest BCUT2D eigenvalue weighted by Gasteiger charge is 2.50. The van der Waals surface area contributed by atoms with Crippen LogP contribution in [-0.4, -0.2) is 57.3 Å². The third-order valence-corrected chi connectivity index (χ3v) is 7.53. The number of aliphatic carboxylic acids is 3. The summed E-state index contributed by atoms with van der Waals surface area (Å²) in [5.74, 6) is -3.83. The lowest BCUT2D eigenvalue weighted by atomic mass is 10.00. The fraction of sp³-hybridized carbons (Fsp3) is 0.821. The summed E-state index contributed by atoms with van der Waals surface area (Å²) in [4.78, 5) is 35.2. The number of quaternary nitrogens is 1. The molecule has 0 fully saturated rings. The van der Waals surface area contributed by atoms with Crippen molar-refractivity contribution in [1.29, 1.82) is 0 Å². The Morgan fingerprint density at radius 1 is 0.657 bits per heavy atom. The number of carboxylic acid groups (broad SMARTS) is 3. The fourth-order valence-corrected chi connectivity index (χ4v) is 5.00. The van der Waals surface area contributed by atoms with Gasteiger partial charge in [-0.2, -0.15) is 0 Å². The summed E-state index contributed by atoms with van der Waals surface area (Å²) in [6.45, 7) is 6.55. The van der Waals surface area contributed by atoms with E-state index in [1.165, 1.54) is 72.1 Å². The van der Waals surface area contributed by atoms with Crippen LogP contribution >= 0.6 is 0 Å². The van der Waals surface area contributed by atoms with Crippen molar-refractivity contribution in [2.45, 2.75) is 142 Å². The standard InChI is InChI=1S/C28H51NO6/c1-5-6-7-8-9-10-11-12-13-14-15-16-17-18-19-20-21-22-29(23(2)26(30)31,24(3)27(32)33)25(4)28(34)35/h14-15,23-25H,5-13,16-22H2,1-4H3,(H2-,30,31,32,33,34,35)/b15-14+. The summed E-state index contributed by atoms with van der Waals surface area (Å²) in [6.07, 6.45) is 21.9. The van der Waals surface area contributed by atoms with E-state index in [0.717, 1.165) is 38.5 Å². The molecule has 0 aliphatic rings. The SMILES string of the molecule is CCCCCCCCCC/C=C/CCCCCCC[N+](C(C)C(=O)[O-])(C(C)C(=O)O)C(C)C(=O)O. The normalized spacial score (nSPS) is 16.0. The number of carboxylic acids is 3. The minimum absolute atomic E-state index is 0.175. The minimum Gasteiger partial charge on any atom is -0.544 e. The van der Waals surface area contributed by atoms with Gasteiger partial charge in [-0.3, -0.25) is 4.48 Å². The molecule has 0 aliphatic heterocycles. The smallest absolute Gasteiger partial charge is 0.362 e. The Balaban J connectivity index is 4.32. The van der Waals surface area contributed by atoms with E-state index in [0.29, 0.717) is 6.42 Å². The summed E-state index contributed by atoms with van der Waals surface area (Å²) in [5.41, 5.74) is 0. The van der Waals surface area contributed by atoms with Gasteiger partial charge in [0.25, 0.3) is 0 Å². The van der Waals surface area contributed by atoms with Gasteiger partial charge in [0.15, 0.2) is 12.1 Å². The second kappa shape index (κ2) is 19.3. The molecule has 0 saturated heterocycles. The first-order chi connectivity index (χ1) is 16.6. The zero-order valence-electron chi connectivity index (χ0n) is 22.7. The van der Waals surface area contributed by atoms with E-state index < -0.39 is 40.5 Å². The van der Waals surface area contributed by atoms with Crippen molar-refractivity contribution in [1.82, 2.24) is 0 Å². The number of nitrogens with zero attached hydrogens (tertiary/aromatic N) is 1. The van der Waals surface area contributed by atoms with Gasteiger partial charge in [0.05, 0.1) is 12.5 Å². The van der Waals surface area contributed by atoms with Crippen molar-refractivity contribution in [2.75, 3.05) is 6.54 Å². The molecule has 0 amide bonds. The average Bonchev–Trinajstić information content (AvgIpc) is 2.82. The quantitative estimate of drug-likeness (QED) is 0.112. The molecule has 0 rings (SSSR count). The first-order valence-electron chi connectivity index (χ1n) is 13.8.